The van der Waals surface area contributed by atoms with Crippen molar-refractivity contribution in [1.82, 2.24) is 20.1 Å². The average Bonchev–Trinajstić information content (AvgIpc) is 3.02. The Balaban J connectivity index is 1.70. The average molecular weight is 333 g/mol. The molecule has 1 saturated heterocycles. The third kappa shape index (κ3) is 3.46. The van der Waals surface area contributed by atoms with Crippen molar-refractivity contribution in [2.45, 2.75) is 20.0 Å². The van der Waals surface area contributed by atoms with E-state index in [1.54, 1.807) is 17.9 Å². The van der Waals surface area contributed by atoms with Crippen molar-refractivity contribution >= 4 is 11.8 Å². The first-order valence-corrected chi connectivity index (χ1v) is 7.56. The van der Waals surface area contributed by atoms with Gasteiger partial charge in [0.05, 0.1) is 20.3 Å². The minimum absolute atomic E-state index is 0.282. The summed E-state index contributed by atoms with van der Waals surface area (Å²) in [6, 6.07) is 3.30. The molecule has 2 amide bonds. The molecule has 0 saturated carbocycles. The molecular weight excluding hydrogens is 314 g/mol. The molecule has 0 aromatic carbocycles. The lowest BCUT2D eigenvalue weighted by Crippen LogP contribution is -2.44. The van der Waals surface area contributed by atoms with Crippen LogP contribution in [0.15, 0.2) is 16.5 Å². The summed E-state index contributed by atoms with van der Waals surface area (Å²) < 4.78 is 16.2. The molecule has 0 aliphatic carbocycles. The summed E-state index contributed by atoms with van der Waals surface area (Å²) in [6.07, 6.45) is -0.432. The van der Waals surface area contributed by atoms with Crippen molar-refractivity contribution in [3.05, 3.63) is 29.6 Å². The van der Waals surface area contributed by atoms with Gasteiger partial charge in [-0.3, -0.25) is 5.32 Å². The number of methoxy groups -OCH3 is 1. The minimum Gasteiger partial charge on any atom is -0.493 e. The van der Waals surface area contributed by atoms with Gasteiger partial charge in [0.25, 0.3) is 0 Å². The van der Waals surface area contributed by atoms with Gasteiger partial charge in [0.2, 0.25) is 11.8 Å². The van der Waals surface area contributed by atoms with Crippen LogP contribution in [0.5, 0.6) is 5.75 Å². The van der Waals surface area contributed by atoms with Gasteiger partial charge in [0.1, 0.15) is 0 Å². The lowest BCUT2D eigenvalue weighted by Gasteiger charge is -2.31. The van der Waals surface area contributed by atoms with Gasteiger partial charge < -0.3 is 18.8 Å². The van der Waals surface area contributed by atoms with Crippen LogP contribution in [-0.2, 0) is 4.74 Å². The van der Waals surface area contributed by atoms with Gasteiger partial charge in [-0.2, -0.15) is 0 Å². The summed E-state index contributed by atoms with van der Waals surface area (Å²) in [4.78, 5) is 18.5. The lowest BCUT2D eigenvalue weighted by molar-refractivity contribution is -0.0274. The van der Waals surface area contributed by atoms with Crippen LogP contribution in [0.2, 0.25) is 0 Å². The van der Waals surface area contributed by atoms with Crippen LogP contribution in [0.1, 0.15) is 23.6 Å². The van der Waals surface area contributed by atoms with Gasteiger partial charge >= 0.3 is 6.03 Å². The molecule has 1 aliphatic rings. The molecule has 9 nitrogen and oxygen atoms in total. The predicted octanol–water partition coefficient (Wildman–Crippen LogP) is 1.70. The summed E-state index contributed by atoms with van der Waals surface area (Å²) in [6.45, 7) is 4.72. The summed E-state index contributed by atoms with van der Waals surface area (Å²) in [7, 11) is 1.53. The van der Waals surface area contributed by atoms with E-state index in [0.29, 0.717) is 43.0 Å². The predicted molar refractivity (Wildman–Crippen MR) is 83.8 cm³/mol. The number of carbonyl (C=O) groups excluding carboxylic acids is 1. The van der Waals surface area contributed by atoms with Crippen LogP contribution in [0, 0.1) is 13.8 Å². The van der Waals surface area contributed by atoms with E-state index in [9.17, 15) is 4.79 Å². The molecule has 2 aromatic heterocycles. The second-order valence-corrected chi connectivity index (χ2v) is 5.40. The van der Waals surface area contributed by atoms with E-state index in [1.807, 2.05) is 13.0 Å². The van der Waals surface area contributed by atoms with E-state index < -0.39 is 6.10 Å². The Bertz CT molecular complexity index is 732. The first-order chi connectivity index (χ1) is 11.6. The van der Waals surface area contributed by atoms with Crippen molar-refractivity contribution in [2.24, 2.45) is 0 Å². The summed E-state index contributed by atoms with van der Waals surface area (Å²) >= 11 is 0. The van der Waals surface area contributed by atoms with Crippen LogP contribution in [0.25, 0.3) is 0 Å². The Morgan fingerprint density at radius 1 is 1.38 bits per heavy atom. The standard InChI is InChI=1S/C15H19N5O4/c1-9-4-5-11(22-3)13(16-9)17-15(21)20-6-7-23-12(8-20)14-19-18-10(2)24-14/h4-5,12H,6-8H2,1-3H3,(H,16,17,21)/t12-/m0/s1. The zero-order valence-corrected chi connectivity index (χ0v) is 13.8. The fourth-order valence-electron chi connectivity index (χ4n) is 2.40. The van der Waals surface area contributed by atoms with E-state index in [0.717, 1.165) is 5.69 Å². The Labute approximate surface area is 139 Å². The number of aryl methyl sites for hydroxylation is 2. The van der Waals surface area contributed by atoms with Crippen molar-refractivity contribution in [1.29, 1.82) is 0 Å². The second-order valence-electron chi connectivity index (χ2n) is 5.40. The van der Waals surface area contributed by atoms with Gasteiger partial charge in [-0.25, -0.2) is 9.78 Å². The molecular formula is C15H19N5O4. The Kier molecular flexibility index (Phi) is 4.61. The Morgan fingerprint density at radius 3 is 2.92 bits per heavy atom. The van der Waals surface area contributed by atoms with Crippen molar-refractivity contribution in [3.8, 4) is 5.75 Å². The maximum Gasteiger partial charge on any atom is 0.323 e. The number of amides is 2. The highest BCUT2D eigenvalue weighted by Gasteiger charge is 2.29. The number of aromatic nitrogens is 3. The molecule has 128 valence electrons. The molecule has 1 fully saturated rings. The van der Waals surface area contributed by atoms with Crippen LogP contribution in [0.4, 0.5) is 10.6 Å². The SMILES string of the molecule is COc1ccc(C)nc1NC(=O)N1CCO[C@H](c2nnc(C)o2)C1. The van der Waals surface area contributed by atoms with Crippen LogP contribution in [-0.4, -0.2) is 52.9 Å². The molecule has 2 aromatic rings. The summed E-state index contributed by atoms with van der Waals surface area (Å²) in [5.74, 6) is 1.73. The normalized spacial score (nSPS) is 17.6. The van der Waals surface area contributed by atoms with Gasteiger partial charge in [-0.15, -0.1) is 10.2 Å². The van der Waals surface area contributed by atoms with Crippen molar-refractivity contribution < 1.29 is 18.7 Å². The summed E-state index contributed by atoms with van der Waals surface area (Å²) in [5.41, 5.74) is 0.785. The lowest BCUT2D eigenvalue weighted by atomic mass is 10.3. The zero-order chi connectivity index (χ0) is 17.1. The zero-order valence-electron chi connectivity index (χ0n) is 13.8. The molecule has 0 radical (unpaired) electrons. The number of urea groups is 1. The molecule has 0 spiro atoms. The first-order valence-electron chi connectivity index (χ1n) is 7.56. The fraction of sp³-hybridized carbons (Fsp3) is 0.467. The van der Waals surface area contributed by atoms with Gasteiger partial charge in [-0.05, 0) is 19.1 Å². The maximum absolute atomic E-state index is 12.5. The smallest absolute Gasteiger partial charge is 0.323 e. The third-order valence-corrected chi connectivity index (χ3v) is 3.61. The highest BCUT2D eigenvalue weighted by atomic mass is 16.5. The molecule has 1 atom stereocenters. The first kappa shape index (κ1) is 16.2. The maximum atomic E-state index is 12.5. The van der Waals surface area contributed by atoms with E-state index in [2.05, 4.69) is 20.5 Å². The summed E-state index contributed by atoms with van der Waals surface area (Å²) in [5, 5.41) is 10.5. The number of pyridine rings is 1. The minimum atomic E-state index is -0.432. The second kappa shape index (κ2) is 6.83. The number of carbonyl (C=O) groups is 1. The molecule has 1 aliphatic heterocycles. The quantitative estimate of drug-likeness (QED) is 0.911. The Morgan fingerprint density at radius 2 is 2.21 bits per heavy atom. The number of anilines is 1. The highest BCUT2D eigenvalue weighted by molar-refractivity contribution is 5.89. The number of nitrogens with zero attached hydrogens (tertiary/aromatic N) is 4. The number of morpholine rings is 1. The molecule has 0 unspecified atom stereocenters. The van der Waals surface area contributed by atoms with E-state index >= 15 is 0 Å². The molecule has 9 heteroatoms. The van der Waals surface area contributed by atoms with Gasteiger partial charge in [0, 0.05) is 19.2 Å². The topological polar surface area (TPSA) is 103 Å². The van der Waals surface area contributed by atoms with E-state index in [-0.39, 0.29) is 6.03 Å². The number of ether oxygens (including phenoxy) is 2. The fourth-order valence-corrected chi connectivity index (χ4v) is 2.40. The number of nitrogens with one attached hydrogen (secondary N) is 1. The van der Waals surface area contributed by atoms with Crippen molar-refractivity contribution in [3.63, 3.8) is 0 Å². The highest BCUT2D eigenvalue weighted by Crippen LogP contribution is 2.24. The van der Waals surface area contributed by atoms with E-state index in [1.165, 1.54) is 7.11 Å². The molecule has 3 heterocycles. The number of rotatable bonds is 3. The molecule has 0 bridgehead atoms. The molecule has 24 heavy (non-hydrogen) atoms. The third-order valence-electron chi connectivity index (χ3n) is 3.61. The van der Waals surface area contributed by atoms with Crippen LogP contribution in [0.3, 0.4) is 0 Å². The van der Waals surface area contributed by atoms with Gasteiger partial charge in [-0.1, -0.05) is 0 Å². The van der Waals surface area contributed by atoms with Crippen molar-refractivity contribution in [2.75, 3.05) is 32.1 Å². The largest absolute Gasteiger partial charge is 0.493 e. The van der Waals surface area contributed by atoms with E-state index in [4.69, 9.17) is 13.9 Å². The number of hydrogen-bond acceptors (Lipinski definition) is 7. The van der Waals surface area contributed by atoms with Crippen LogP contribution >= 0.6 is 0 Å². The molecule has 3 rings (SSSR count). The Hall–Kier alpha value is -2.68. The van der Waals surface area contributed by atoms with Crippen LogP contribution < -0.4 is 10.1 Å². The number of hydrogen-bond donors (Lipinski definition) is 1. The van der Waals surface area contributed by atoms with Gasteiger partial charge in [0.15, 0.2) is 17.7 Å². The molecule has 1 N–H and O–H groups in total. The monoisotopic (exact) mass is 333 g/mol.